The van der Waals surface area contributed by atoms with E-state index in [2.05, 4.69) is 66.8 Å². The number of aromatic nitrogens is 1. The van der Waals surface area contributed by atoms with Crippen molar-refractivity contribution in [1.82, 2.24) is 4.57 Å². The van der Waals surface area contributed by atoms with Crippen LogP contribution in [0.15, 0.2) is 69.6 Å². The molecule has 110 valence electrons. The molecule has 0 aliphatic carbocycles. The Morgan fingerprint density at radius 1 is 0.783 bits per heavy atom. The Morgan fingerprint density at radius 3 is 1.96 bits per heavy atom. The van der Waals surface area contributed by atoms with Crippen molar-refractivity contribution in [2.24, 2.45) is 0 Å². The van der Waals surface area contributed by atoms with Gasteiger partial charge in [0, 0.05) is 25.4 Å². The molecule has 0 aliphatic rings. The molecule has 3 aromatic carbocycles. The fourth-order valence-electron chi connectivity index (χ4n) is 2.96. The zero-order valence-electron chi connectivity index (χ0n) is 11.9. The zero-order valence-corrected chi connectivity index (χ0v) is 15.1. The highest BCUT2D eigenvalue weighted by atomic mass is 79.9. The molecule has 0 radical (unpaired) electrons. The maximum atomic E-state index is 9.19. The molecule has 0 spiro atoms. The minimum absolute atomic E-state index is 0.659. The van der Waals surface area contributed by atoms with E-state index in [9.17, 15) is 5.26 Å². The van der Waals surface area contributed by atoms with Crippen LogP contribution in [0.1, 0.15) is 5.56 Å². The van der Waals surface area contributed by atoms with Gasteiger partial charge in [-0.3, -0.25) is 0 Å². The second kappa shape index (κ2) is 5.52. The highest BCUT2D eigenvalue weighted by molar-refractivity contribution is 9.10. The number of halogens is 2. The number of nitriles is 1. The summed E-state index contributed by atoms with van der Waals surface area (Å²) in [5.41, 5.74) is 3.90. The van der Waals surface area contributed by atoms with Crippen LogP contribution in [0.2, 0.25) is 0 Å². The first-order valence-corrected chi connectivity index (χ1v) is 8.66. The second-order valence-corrected chi connectivity index (χ2v) is 7.15. The van der Waals surface area contributed by atoms with Gasteiger partial charge in [-0.15, -0.1) is 0 Å². The van der Waals surface area contributed by atoms with Crippen LogP contribution in [-0.4, -0.2) is 4.57 Å². The third-order valence-corrected chi connectivity index (χ3v) is 4.91. The minimum atomic E-state index is 0.659. The molecule has 2 nitrogen and oxygen atoms in total. The first-order chi connectivity index (χ1) is 11.2. The van der Waals surface area contributed by atoms with Crippen LogP contribution >= 0.6 is 31.9 Å². The highest BCUT2D eigenvalue weighted by Crippen LogP contribution is 2.35. The average molecular weight is 426 g/mol. The van der Waals surface area contributed by atoms with Crippen molar-refractivity contribution in [1.29, 1.82) is 5.26 Å². The fourth-order valence-corrected chi connectivity index (χ4v) is 3.68. The molecule has 0 fully saturated rings. The van der Waals surface area contributed by atoms with Gasteiger partial charge >= 0.3 is 0 Å². The summed E-state index contributed by atoms with van der Waals surface area (Å²) in [6.45, 7) is 0. The Hall–Kier alpha value is -2.09. The Balaban J connectivity index is 2.18. The normalized spacial score (nSPS) is 11.0. The molecule has 0 saturated carbocycles. The smallest absolute Gasteiger partial charge is 0.0992 e. The fraction of sp³-hybridized carbons (Fsp3) is 0. The van der Waals surface area contributed by atoms with E-state index in [1.54, 1.807) is 0 Å². The lowest BCUT2D eigenvalue weighted by atomic mass is 10.2. The van der Waals surface area contributed by atoms with Crippen LogP contribution in [0.3, 0.4) is 0 Å². The number of hydrogen-bond donors (Lipinski definition) is 0. The molecule has 0 N–H and O–H groups in total. The number of rotatable bonds is 1. The summed E-state index contributed by atoms with van der Waals surface area (Å²) in [4.78, 5) is 0. The van der Waals surface area contributed by atoms with E-state index in [0.717, 1.165) is 25.7 Å². The van der Waals surface area contributed by atoms with Gasteiger partial charge in [0.2, 0.25) is 0 Å². The molecule has 0 unspecified atom stereocenters. The SMILES string of the molecule is N#Cc1cccc(-n2c3ccc(Br)cc3c3cc(Br)ccc32)c1. The second-order valence-electron chi connectivity index (χ2n) is 5.32. The van der Waals surface area contributed by atoms with Crippen molar-refractivity contribution >= 4 is 53.7 Å². The summed E-state index contributed by atoms with van der Waals surface area (Å²) in [6, 6.07) is 22.5. The van der Waals surface area contributed by atoms with Crippen molar-refractivity contribution in [3.8, 4) is 11.8 Å². The summed E-state index contributed by atoms with van der Waals surface area (Å²) in [7, 11) is 0. The number of benzene rings is 3. The Bertz CT molecular complexity index is 1040. The Morgan fingerprint density at radius 2 is 1.39 bits per heavy atom. The standard InChI is InChI=1S/C19H10Br2N2/c20-13-4-6-18-16(9-13)17-10-14(21)5-7-19(17)23(18)15-3-1-2-12(8-15)11-22/h1-10H. The summed E-state index contributed by atoms with van der Waals surface area (Å²) in [6.07, 6.45) is 0. The summed E-state index contributed by atoms with van der Waals surface area (Å²) >= 11 is 7.12. The molecule has 4 aromatic rings. The zero-order chi connectivity index (χ0) is 16.0. The van der Waals surface area contributed by atoms with Crippen LogP contribution in [0.25, 0.3) is 27.5 Å². The molecular weight excluding hydrogens is 416 g/mol. The lowest BCUT2D eigenvalue weighted by molar-refractivity contribution is 1.18. The van der Waals surface area contributed by atoms with Gasteiger partial charge in [-0.2, -0.15) is 5.26 Å². The van der Waals surface area contributed by atoms with Crippen molar-refractivity contribution in [3.05, 3.63) is 75.2 Å². The summed E-state index contributed by atoms with van der Waals surface area (Å²) in [5.74, 6) is 0. The van der Waals surface area contributed by atoms with Gasteiger partial charge in [-0.05, 0) is 54.6 Å². The van der Waals surface area contributed by atoms with Crippen molar-refractivity contribution in [2.45, 2.75) is 0 Å². The minimum Gasteiger partial charge on any atom is -0.309 e. The number of nitrogens with zero attached hydrogens (tertiary/aromatic N) is 2. The van der Waals surface area contributed by atoms with E-state index >= 15 is 0 Å². The maximum Gasteiger partial charge on any atom is 0.0992 e. The van der Waals surface area contributed by atoms with Gasteiger partial charge in [0.1, 0.15) is 0 Å². The van der Waals surface area contributed by atoms with Crippen molar-refractivity contribution < 1.29 is 0 Å². The van der Waals surface area contributed by atoms with Crippen LogP contribution in [-0.2, 0) is 0 Å². The molecule has 23 heavy (non-hydrogen) atoms. The van der Waals surface area contributed by atoms with E-state index in [1.165, 1.54) is 10.8 Å². The maximum absolute atomic E-state index is 9.19. The molecule has 1 heterocycles. The third kappa shape index (κ3) is 2.37. The first kappa shape index (κ1) is 14.5. The predicted octanol–water partition coefficient (Wildman–Crippen LogP) is 6.18. The molecule has 0 saturated heterocycles. The molecule has 0 amide bonds. The predicted molar refractivity (Wildman–Crippen MR) is 101 cm³/mol. The topological polar surface area (TPSA) is 28.7 Å². The van der Waals surface area contributed by atoms with Crippen LogP contribution in [0.5, 0.6) is 0 Å². The van der Waals surface area contributed by atoms with Gasteiger partial charge in [-0.25, -0.2) is 0 Å². The first-order valence-electron chi connectivity index (χ1n) is 7.07. The third-order valence-electron chi connectivity index (χ3n) is 3.92. The van der Waals surface area contributed by atoms with E-state index in [0.29, 0.717) is 5.56 Å². The Kier molecular flexibility index (Phi) is 3.48. The molecule has 0 atom stereocenters. The van der Waals surface area contributed by atoms with E-state index in [4.69, 9.17) is 0 Å². The van der Waals surface area contributed by atoms with Crippen LogP contribution in [0.4, 0.5) is 0 Å². The van der Waals surface area contributed by atoms with Gasteiger partial charge < -0.3 is 4.57 Å². The lowest BCUT2D eigenvalue weighted by Crippen LogP contribution is -1.94. The lowest BCUT2D eigenvalue weighted by Gasteiger charge is -2.08. The molecule has 1 aromatic heterocycles. The van der Waals surface area contributed by atoms with Gasteiger partial charge in [0.05, 0.1) is 22.7 Å². The number of hydrogen-bond acceptors (Lipinski definition) is 1. The number of fused-ring (bicyclic) bond motifs is 3. The van der Waals surface area contributed by atoms with Crippen LogP contribution < -0.4 is 0 Å². The quantitative estimate of drug-likeness (QED) is 0.358. The van der Waals surface area contributed by atoms with Gasteiger partial charge in [0.25, 0.3) is 0 Å². The molecular formula is C19H10Br2N2. The molecule has 0 bridgehead atoms. The van der Waals surface area contributed by atoms with Gasteiger partial charge in [0.15, 0.2) is 0 Å². The highest BCUT2D eigenvalue weighted by Gasteiger charge is 2.13. The summed E-state index contributed by atoms with van der Waals surface area (Å²) < 4.78 is 4.30. The monoisotopic (exact) mass is 424 g/mol. The van der Waals surface area contributed by atoms with E-state index < -0.39 is 0 Å². The van der Waals surface area contributed by atoms with Gasteiger partial charge in [-0.1, -0.05) is 37.9 Å². The van der Waals surface area contributed by atoms with Crippen molar-refractivity contribution in [3.63, 3.8) is 0 Å². The van der Waals surface area contributed by atoms with Crippen molar-refractivity contribution in [2.75, 3.05) is 0 Å². The van der Waals surface area contributed by atoms with Crippen LogP contribution in [0, 0.1) is 11.3 Å². The Labute approximate surface area is 150 Å². The largest absolute Gasteiger partial charge is 0.309 e. The van der Waals surface area contributed by atoms with E-state index in [-0.39, 0.29) is 0 Å². The molecule has 4 rings (SSSR count). The molecule has 4 heteroatoms. The molecule has 0 aliphatic heterocycles. The summed E-state index contributed by atoms with van der Waals surface area (Å²) in [5, 5.41) is 11.5. The average Bonchev–Trinajstić information content (AvgIpc) is 2.88. The van der Waals surface area contributed by atoms with E-state index in [1.807, 2.05) is 36.4 Å².